The molecular formula is C26H22N8O. The Balaban J connectivity index is 1.57. The molecule has 0 aliphatic rings. The number of benzene rings is 2. The number of imidazole rings is 1. The molecule has 0 spiro atoms. The number of hydrogen-bond donors (Lipinski definition) is 2. The van der Waals surface area contributed by atoms with Gasteiger partial charge in [-0.25, -0.2) is 15.0 Å². The summed E-state index contributed by atoms with van der Waals surface area (Å²) in [5, 5.41) is 9.26. The Kier molecular flexibility index (Phi) is 4.88. The van der Waals surface area contributed by atoms with Crippen molar-refractivity contribution in [3.8, 4) is 16.8 Å². The summed E-state index contributed by atoms with van der Waals surface area (Å²) in [5.41, 5.74) is 4.55. The Morgan fingerprint density at radius 3 is 2.69 bits per heavy atom. The number of anilines is 1. The molecule has 0 saturated heterocycles. The van der Waals surface area contributed by atoms with E-state index in [1.54, 1.807) is 21.8 Å². The van der Waals surface area contributed by atoms with E-state index in [0.717, 1.165) is 27.9 Å². The van der Waals surface area contributed by atoms with E-state index in [4.69, 9.17) is 0 Å². The van der Waals surface area contributed by atoms with Crippen molar-refractivity contribution in [3.63, 3.8) is 0 Å². The lowest BCUT2D eigenvalue weighted by atomic mass is 9.99. The minimum absolute atomic E-state index is 0.0915. The number of aromatic amines is 1. The van der Waals surface area contributed by atoms with Crippen LogP contribution in [0.3, 0.4) is 0 Å². The van der Waals surface area contributed by atoms with Crippen LogP contribution in [-0.2, 0) is 7.05 Å². The lowest BCUT2D eigenvalue weighted by Gasteiger charge is -2.22. The highest BCUT2D eigenvalue weighted by molar-refractivity contribution is 5.96. The minimum atomic E-state index is -0.254. The van der Waals surface area contributed by atoms with Gasteiger partial charge in [0, 0.05) is 30.2 Å². The Labute approximate surface area is 200 Å². The molecule has 9 nitrogen and oxygen atoms in total. The van der Waals surface area contributed by atoms with Crippen LogP contribution >= 0.6 is 0 Å². The number of H-pyrrole nitrogens is 1. The van der Waals surface area contributed by atoms with E-state index in [0.29, 0.717) is 22.4 Å². The zero-order valence-electron chi connectivity index (χ0n) is 19.2. The van der Waals surface area contributed by atoms with Gasteiger partial charge in [-0.3, -0.25) is 14.0 Å². The smallest absolute Gasteiger partial charge is 0.263 e. The number of fused-ring (bicyclic) bond motifs is 2. The zero-order chi connectivity index (χ0) is 23.9. The van der Waals surface area contributed by atoms with E-state index in [2.05, 4.69) is 36.4 Å². The van der Waals surface area contributed by atoms with Crippen molar-refractivity contribution < 1.29 is 0 Å². The van der Waals surface area contributed by atoms with Gasteiger partial charge in [0.15, 0.2) is 11.5 Å². The fourth-order valence-electron chi connectivity index (χ4n) is 4.50. The van der Waals surface area contributed by atoms with Crippen molar-refractivity contribution in [2.45, 2.75) is 13.0 Å². The molecular weight excluding hydrogens is 440 g/mol. The van der Waals surface area contributed by atoms with Crippen LogP contribution in [0.2, 0.25) is 0 Å². The van der Waals surface area contributed by atoms with Crippen molar-refractivity contribution in [2.75, 3.05) is 5.32 Å². The van der Waals surface area contributed by atoms with Gasteiger partial charge in [-0.05, 0) is 36.1 Å². The molecule has 6 rings (SSSR count). The molecule has 2 aromatic carbocycles. The van der Waals surface area contributed by atoms with Crippen LogP contribution in [0.1, 0.15) is 18.7 Å². The second-order valence-electron chi connectivity index (χ2n) is 8.41. The van der Waals surface area contributed by atoms with Crippen LogP contribution in [-0.4, -0.2) is 34.3 Å². The first-order valence-corrected chi connectivity index (χ1v) is 11.2. The maximum atomic E-state index is 14.1. The van der Waals surface area contributed by atoms with Crippen molar-refractivity contribution >= 4 is 27.8 Å². The molecule has 0 saturated carbocycles. The Bertz CT molecular complexity index is 1730. The molecule has 35 heavy (non-hydrogen) atoms. The highest BCUT2D eigenvalue weighted by Crippen LogP contribution is 2.30. The van der Waals surface area contributed by atoms with Crippen molar-refractivity contribution in [1.29, 1.82) is 0 Å². The first-order chi connectivity index (χ1) is 17.1. The maximum Gasteiger partial charge on any atom is 0.263 e. The van der Waals surface area contributed by atoms with Crippen LogP contribution in [0.4, 0.5) is 5.82 Å². The van der Waals surface area contributed by atoms with Gasteiger partial charge in [0.25, 0.3) is 5.56 Å². The van der Waals surface area contributed by atoms with Crippen molar-refractivity contribution in [2.24, 2.45) is 7.05 Å². The van der Waals surface area contributed by atoms with Crippen LogP contribution < -0.4 is 10.9 Å². The lowest BCUT2D eigenvalue weighted by molar-refractivity contribution is 0.768. The number of aromatic nitrogens is 7. The average Bonchev–Trinajstić information content (AvgIpc) is 3.53. The van der Waals surface area contributed by atoms with Gasteiger partial charge in [-0.1, -0.05) is 36.4 Å². The highest BCUT2D eigenvalue weighted by Gasteiger charge is 2.20. The fourth-order valence-corrected chi connectivity index (χ4v) is 4.50. The summed E-state index contributed by atoms with van der Waals surface area (Å²) in [6.45, 7) is 2.01. The lowest BCUT2D eigenvalue weighted by Crippen LogP contribution is -2.26. The largest absolute Gasteiger partial charge is 0.360 e. The molecule has 4 heterocycles. The Morgan fingerprint density at radius 1 is 1.03 bits per heavy atom. The zero-order valence-corrected chi connectivity index (χ0v) is 19.2. The summed E-state index contributed by atoms with van der Waals surface area (Å²) in [6, 6.07) is 17.4. The summed E-state index contributed by atoms with van der Waals surface area (Å²) in [4.78, 5) is 30.0. The normalized spacial score (nSPS) is 12.3. The second kappa shape index (κ2) is 8.21. The summed E-state index contributed by atoms with van der Waals surface area (Å²) < 4.78 is 3.51. The topological polar surface area (TPSA) is 106 Å². The van der Waals surface area contributed by atoms with Crippen molar-refractivity contribution in [3.05, 3.63) is 95.7 Å². The molecule has 0 aliphatic carbocycles. The van der Waals surface area contributed by atoms with Gasteiger partial charge >= 0.3 is 0 Å². The number of pyridine rings is 1. The quantitative estimate of drug-likeness (QED) is 0.397. The molecule has 0 radical (unpaired) electrons. The summed E-state index contributed by atoms with van der Waals surface area (Å²) >= 11 is 0. The number of hydrogen-bond acceptors (Lipinski definition) is 6. The Hall–Kier alpha value is -4.79. The predicted octanol–water partition coefficient (Wildman–Crippen LogP) is 4.23. The molecule has 2 N–H and O–H groups in total. The van der Waals surface area contributed by atoms with Crippen LogP contribution in [0, 0.1) is 0 Å². The number of nitrogens with zero attached hydrogens (tertiary/aromatic N) is 6. The van der Waals surface area contributed by atoms with E-state index in [-0.39, 0.29) is 11.6 Å². The van der Waals surface area contributed by atoms with Gasteiger partial charge in [0.05, 0.1) is 24.0 Å². The van der Waals surface area contributed by atoms with Crippen LogP contribution in [0.25, 0.3) is 38.8 Å². The first kappa shape index (κ1) is 20.8. The molecule has 0 amide bonds. The molecule has 4 aromatic heterocycles. The molecule has 0 fully saturated rings. The van der Waals surface area contributed by atoms with Crippen LogP contribution in [0.5, 0.6) is 0 Å². The fraction of sp³-hybridized carbons (Fsp3) is 0.115. The van der Waals surface area contributed by atoms with Gasteiger partial charge in [0.2, 0.25) is 0 Å². The molecule has 6 aromatic rings. The van der Waals surface area contributed by atoms with Crippen LogP contribution in [0.15, 0.2) is 84.4 Å². The average molecular weight is 463 g/mol. The monoisotopic (exact) mass is 462 g/mol. The molecule has 0 aliphatic heterocycles. The molecule has 9 heteroatoms. The van der Waals surface area contributed by atoms with E-state index in [9.17, 15) is 4.79 Å². The third kappa shape index (κ3) is 3.54. The van der Waals surface area contributed by atoms with Gasteiger partial charge in [-0.15, -0.1) is 0 Å². The van der Waals surface area contributed by atoms with E-state index >= 15 is 0 Å². The van der Waals surface area contributed by atoms with Gasteiger partial charge in [0.1, 0.15) is 11.8 Å². The second-order valence-corrected chi connectivity index (χ2v) is 8.41. The van der Waals surface area contributed by atoms with E-state index < -0.39 is 0 Å². The summed E-state index contributed by atoms with van der Waals surface area (Å²) in [7, 11) is 1.87. The van der Waals surface area contributed by atoms with E-state index in [1.807, 2.05) is 68.7 Å². The first-order valence-electron chi connectivity index (χ1n) is 11.2. The molecule has 0 bridgehead atoms. The van der Waals surface area contributed by atoms with Gasteiger partial charge in [-0.2, -0.15) is 5.10 Å². The summed E-state index contributed by atoms with van der Waals surface area (Å²) in [5.74, 6) is 0.622. The molecule has 1 unspecified atom stereocenters. The number of rotatable bonds is 5. The Morgan fingerprint density at radius 2 is 1.89 bits per heavy atom. The van der Waals surface area contributed by atoms with Gasteiger partial charge < -0.3 is 10.3 Å². The predicted molar refractivity (Wildman–Crippen MR) is 135 cm³/mol. The van der Waals surface area contributed by atoms with E-state index in [1.165, 1.54) is 6.33 Å². The SMILES string of the molecule is CC(Nc1ncnc2nc[nH]c12)c1cc2cccc(-c3cnn(C)c3)c2c(=O)n1-c1ccccc1. The number of para-hydroxylation sites is 1. The number of aryl methyl sites for hydroxylation is 1. The third-order valence-corrected chi connectivity index (χ3v) is 6.13. The standard InChI is InChI=1S/C26H22N8O/c1-16(32-25-23-24(28-14-27-23)29-15-30-25)21-11-17-7-6-10-20(18-12-31-33(2)13-18)22(17)26(35)34(21)19-8-4-3-5-9-19/h3-16H,1-2H3,(H2,27,28,29,30,32). The molecule has 1 atom stereocenters. The molecule has 172 valence electrons. The summed E-state index contributed by atoms with van der Waals surface area (Å²) in [6.07, 6.45) is 6.77. The third-order valence-electron chi connectivity index (χ3n) is 6.13. The number of nitrogens with one attached hydrogen (secondary N) is 2. The minimum Gasteiger partial charge on any atom is -0.360 e. The maximum absolute atomic E-state index is 14.1. The highest BCUT2D eigenvalue weighted by atomic mass is 16.1. The van der Waals surface area contributed by atoms with Crippen molar-refractivity contribution in [1.82, 2.24) is 34.3 Å².